The van der Waals surface area contributed by atoms with E-state index in [1.807, 2.05) is 30.4 Å². The van der Waals surface area contributed by atoms with Crippen molar-refractivity contribution in [1.82, 2.24) is 0 Å². The van der Waals surface area contributed by atoms with Crippen molar-refractivity contribution in [3.63, 3.8) is 0 Å². The number of hydrogen-bond acceptors (Lipinski definition) is 3. The summed E-state index contributed by atoms with van der Waals surface area (Å²) in [6.45, 7) is 3.85. The maximum atomic E-state index is 10.8. The Morgan fingerprint density at radius 3 is 2.54 bits per heavy atom. The van der Waals surface area contributed by atoms with Gasteiger partial charge >= 0.3 is 145 Å². The summed E-state index contributed by atoms with van der Waals surface area (Å²) in [6.07, 6.45) is 3.82. The van der Waals surface area contributed by atoms with Crippen LogP contribution in [0.15, 0.2) is 71.7 Å². The third kappa shape index (κ3) is 2.93. The van der Waals surface area contributed by atoms with Crippen LogP contribution in [-0.2, 0) is 0 Å². The Hall–Kier alpha value is -2.93. The van der Waals surface area contributed by atoms with Crippen molar-refractivity contribution in [3.05, 3.63) is 93.0 Å². The minimum atomic E-state index is -0.447. The molecule has 0 aromatic heterocycles. The summed E-state index contributed by atoms with van der Waals surface area (Å²) in [5.41, 5.74) is 3.06. The Balaban J connectivity index is 2.21. The van der Waals surface area contributed by atoms with Crippen molar-refractivity contribution >= 4 is 36.3 Å². The van der Waals surface area contributed by atoms with Crippen molar-refractivity contribution in [1.29, 1.82) is 5.26 Å². The molecule has 0 spiro atoms. The van der Waals surface area contributed by atoms with Crippen molar-refractivity contribution < 1.29 is 4.92 Å². The molecule has 0 unspecified atom stereocenters. The summed E-state index contributed by atoms with van der Waals surface area (Å²) < 4.78 is 2.30. The molecule has 1 aliphatic rings. The van der Waals surface area contributed by atoms with Gasteiger partial charge in [-0.15, -0.1) is 0 Å². The van der Waals surface area contributed by atoms with Gasteiger partial charge in [0.2, 0.25) is 0 Å². The van der Waals surface area contributed by atoms with E-state index in [0.29, 0.717) is 11.1 Å². The van der Waals surface area contributed by atoms with Gasteiger partial charge in [-0.1, -0.05) is 0 Å². The number of nitro groups is 1. The van der Waals surface area contributed by atoms with E-state index in [1.54, 1.807) is 12.1 Å². The quantitative estimate of drug-likeness (QED) is 0.355. The molecule has 24 heavy (non-hydrogen) atoms. The number of benzene rings is 2. The van der Waals surface area contributed by atoms with Gasteiger partial charge < -0.3 is 0 Å². The van der Waals surface area contributed by atoms with Crippen LogP contribution in [0, 0.1) is 21.4 Å². The minimum absolute atomic E-state index is 0.00994. The fraction of sp³-hybridized carbons (Fsp3) is 0. The third-order valence-corrected chi connectivity index (χ3v) is 5.94. The van der Waals surface area contributed by atoms with Gasteiger partial charge in [-0.3, -0.25) is 0 Å². The van der Waals surface area contributed by atoms with Crippen LogP contribution in [-0.4, -0.2) is 19.9 Å². The second kappa shape index (κ2) is 6.67. The average Bonchev–Trinajstić information content (AvgIpc) is 2.62. The molecule has 0 aliphatic carbocycles. The molecule has 0 bridgehead atoms. The SMILES string of the molecule is C=CC1=C/C(=C(/C#N)c2ccc([N+](=O)[O-])cc2)c2ccccc2[Se]1. The van der Waals surface area contributed by atoms with Crippen LogP contribution in [0.2, 0.25) is 0 Å². The summed E-state index contributed by atoms with van der Waals surface area (Å²) in [5, 5.41) is 20.5. The molecule has 0 radical (unpaired) electrons. The zero-order valence-corrected chi connectivity index (χ0v) is 14.3. The Morgan fingerprint density at radius 1 is 1.21 bits per heavy atom. The summed E-state index contributed by atoms with van der Waals surface area (Å²) in [5.74, 6) is 0. The zero-order chi connectivity index (χ0) is 17.1. The number of rotatable bonds is 3. The van der Waals surface area contributed by atoms with Gasteiger partial charge in [0.1, 0.15) is 0 Å². The molecule has 1 heterocycles. The molecule has 0 saturated heterocycles. The van der Waals surface area contributed by atoms with Gasteiger partial charge in [0.15, 0.2) is 0 Å². The number of hydrogen-bond donors (Lipinski definition) is 0. The van der Waals surface area contributed by atoms with E-state index >= 15 is 0 Å². The molecular formula is C19H12N2O2Se. The number of nitro benzene ring substituents is 1. The van der Waals surface area contributed by atoms with E-state index < -0.39 is 4.92 Å². The van der Waals surface area contributed by atoms with Gasteiger partial charge in [0.05, 0.1) is 0 Å². The van der Waals surface area contributed by atoms with Gasteiger partial charge in [0.25, 0.3) is 0 Å². The Labute approximate surface area is 145 Å². The number of allylic oxidation sites excluding steroid dienone is 5. The van der Waals surface area contributed by atoms with Crippen LogP contribution in [0.5, 0.6) is 0 Å². The number of fused-ring (bicyclic) bond motifs is 1. The fourth-order valence-electron chi connectivity index (χ4n) is 2.49. The maximum absolute atomic E-state index is 10.8. The van der Waals surface area contributed by atoms with E-state index in [2.05, 4.69) is 18.7 Å². The first-order valence-corrected chi connectivity index (χ1v) is 8.86. The Morgan fingerprint density at radius 2 is 1.92 bits per heavy atom. The molecule has 3 rings (SSSR count). The van der Waals surface area contributed by atoms with E-state index in [4.69, 9.17) is 0 Å². The molecule has 4 nitrogen and oxygen atoms in total. The zero-order valence-electron chi connectivity index (χ0n) is 12.6. The summed E-state index contributed by atoms with van der Waals surface area (Å²) >= 11 is 0.165. The topological polar surface area (TPSA) is 66.9 Å². The molecule has 0 atom stereocenters. The molecule has 0 fully saturated rings. The average molecular weight is 379 g/mol. The van der Waals surface area contributed by atoms with Crippen molar-refractivity contribution in [2.24, 2.45) is 0 Å². The molecule has 116 valence electrons. The molecular weight excluding hydrogens is 367 g/mol. The van der Waals surface area contributed by atoms with Crippen molar-refractivity contribution in [2.75, 3.05) is 0 Å². The van der Waals surface area contributed by atoms with Crippen LogP contribution in [0.25, 0.3) is 11.1 Å². The second-order valence-corrected chi connectivity index (χ2v) is 7.39. The number of nitriles is 1. The van der Waals surface area contributed by atoms with Crippen LogP contribution in [0.3, 0.4) is 0 Å². The van der Waals surface area contributed by atoms with E-state index in [1.165, 1.54) is 16.6 Å². The molecule has 1 aliphatic heterocycles. The van der Waals surface area contributed by atoms with Crippen LogP contribution in [0.4, 0.5) is 5.69 Å². The molecule has 2 aromatic rings. The fourth-order valence-corrected chi connectivity index (χ4v) is 4.48. The van der Waals surface area contributed by atoms with Crippen LogP contribution in [0.1, 0.15) is 11.1 Å². The Kier molecular flexibility index (Phi) is 4.43. The first-order valence-electron chi connectivity index (χ1n) is 7.14. The molecule has 5 heteroatoms. The van der Waals surface area contributed by atoms with E-state index in [9.17, 15) is 15.4 Å². The summed E-state index contributed by atoms with van der Waals surface area (Å²) in [4.78, 5) is 10.4. The monoisotopic (exact) mass is 380 g/mol. The first-order chi connectivity index (χ1) is 11.6. The van der Waals surface area contributed by atoms with Crippen LogP contribution >= 0.6 is 0 Å². The van der Waals surface area contributed by atoms with Crippen molar-refractivity contribution in [2.45, 2.75) is 0 Å². The predicted octanol–water partition coefficient (Wildman–Crippen LogP) is 3.44. The van der Waals surface area contributed by atoms with E-state index in [-0.39, 0.29) is 20.6 Å². The standard InChI is InChI=1S/C19H12N2O2Se/c1-2-15-11-17(16-5-3-4-6-19(16)24-15)18(12-20)13-7-9-14(10-8-13)21(22)23/h2-11H,1H2/b18-17+. The van der Waals surface area contributed by atoms with Gasteiger partial charge in [0, 0.05) is 0 Å². The van der Waals surface area contributed by atoms with Crippen molar-refractivity contribution in [3.8, 4) is 6.07 Å². The van der Waals surface area contributed by atoms with E-state index in [0.717, 1.165) is 15.6 Å². The normalized spacial score (nSPS) is 14.9. The first kappa shape index (κ1) is 15.9. The van der Waals surface area contributed by atoms with Gasteiger partial charge in [-0.05, 0) is 0 Å². The Bertz CT molecular complexity index is 935. The molecule has 0 saturated carbocycles. The number of non-ortho nitro benzene ring substituents is 1. The van der Waals surface area contributed by atoms with Crippen LogP contribution < -0.4 is 4.46 Å². The number of nitrogens with zero attached hydrogens (tertiary/aromatic N) is 2. The molecule has 0 N–H and O–H groups in total. The predicted molar refractivity (Wildman–Crippen MR) is 95.6 cm³/mol. The molecule has 2 aromatic carbocycles. The second-order valence-electron chi connectivity index (χ2n) is 5.05. The van der Waals surface area contributed by atoms with Gasteiger partial charge in [-0.25, -0.2) is 0 Å². The van der Waals surface area contributed by atoms with Gasteiger partial charge in [-0.2, -0.15) is 0 Å². The molecule has 0 amide bonds. The third-order valence-electron chi connectivity index (χ3n) is 3.64. The summed E-state index contributed by atoms with van der Waals surface area (Å²) in [6, 6.07) is 16.3. The summed E-state index contributed by atoms with van der Waals surface area (Å²) in [7, 11) is 0.